The van der Waals surface area contributed by atoms with E-state index in [4.69, 9.17) is 33.7 Å². The van der Waals surface area contributed by atoms with E-state index in [-0.39, 0.29) is 12.1 Å². The Bertz CT molecular complexity index is 384. The topological polar surface area (TPSA) is 35.2 Å². The molecular formula is C13H17Cl2NO. The summed E-state index contributed by atoms with van der Waals surface area (Å²) in [5.74, 6) is 0. The van der Waals surface area contributed by atoms with Gasteiger partial charge in [0.25, 0.3) is 0 Å². The van der Waals surface area contributed by atoms with Gasteiger partial charge in [-0.15, -0.1) is 0 Å². The largest absolute Gasteiger partial charge is 0.372 e. The van der Waals surface area contributed by atoms with Gasteiger partial charge in [0, 0.05) is 16.1 Å². The van der Waals surface area contributed by atoms with E-state index in [0.29, 0.717) is 16.7 Å². The Kier molecular flexibility index (Phi) is 4.69. The summed E-state index contributed by atoms with van der Waals surface area (Å²) in [5.41, 5.74) is 6.95. The lowest BCUT2D eigenvalue weighted by Crippen LogP contribution is -2.39. The summed E-state index contributed by atoms with van der Waals surface area (Å²) in [6, 6.07) is 5.57. The van der Waals surface area contributed by atoms with Crippen LogP contribution in [0, 0.1) is 0 Å². The van der Waals surface area contributed by atoms with Crippen LogP contribution in [-0.4, -0.2) is 12.1 Å². The van der Waals surface area contributed by atoms with Crippen molar-refractivity contribution < 1.29 is 4.74 Å². The second kappa shape index (κ2) is 6.05. The van der Waals surface area contributed by atoms with Gasteiger partial charge in [0.15, 0.2) is 0 Å². The maximum atomic E-state index is 6.08. The molecule has 2 N–H and O–H groups in total. The molecule has 0 radical (unpaired) electrons. The number of benzene rings is 1. The number of hydrogen-bond donors (Lipinski definition) is 1. The Morgan fingerprint density at radius 3 is 2.76 bits per heavy atom. The fraction of sp³-hybridized carbons (Fsp3) is 0.538. The van der Waals surface area contributed by atoms with Gasteiger partial charge in [0.2, 0.25) is 0 Å². The smallest absolute Gasteiger partial charge is 0.0736 e. The Hall–Kier alpha value is -0.280. The van der Waals surface area contributed by atoms with Gasteiger partial charge in [-0.3, -0.25) is 0 Å². The van der Waals surface area contributed by atoms with E-state index in [9.17, 15) is 0 Å². The molecule has 1 fully saturated rings. The van der Waals surface area contributed by atoms with Gasteiger partial charge >= 0.3 is 0 Å². The lowest BCUT2D eigenvalue weighted by molar-refractivity contribution is 0.00408. The molecule has 1 aliphatic rings. The van der Waals surface area contributed by atoms with Crippen molar-refractivity contribution in [1.29, 1.82) is 0 Å². The molecule has 2 rings (SSSR count). The van der Waals surface area contributed by atoms with Gasteiger partial charge in [-0.05, 0) is 36.6 Å². The van der Waals surface area contributed by atoms with Gasteiger partial charge in [0.05, 0.1) is 12.7 Å². The summed E-state index contributed by atoms with van der Waals surface area (Å²) in [6.07, 6.45) is 4.65. The van der Waals surface area contributed by atoms with Crippen LogP contribution < -0.4 is 5.73 Å². The van der Waals surface area contributed by atoms with E-state index in [1.807, 2.05) is 6.07 Å². The van der Waals surface area contributed by atoms with E-state index in [1.165, 1.54) is 12.8 Å². The maximum absolute atomic E-state index is 6.08. The van der Waals surface area contributed by atoms with Crippen molar-refractivity contribution in [3.05, 3.63) is 33.8 Å². The van der Waals surface area contributed by atoms with Crippen LogP contribution >= 0.6 is 23.2 Å². The third kappa shape index (κ3) is 3.59. The molecule has 1 aliphatic carbocycles. The summed E-state index contributed by atoms with van der Waals surface area (Å²) in [4.78, 5) is 0. The minimum Gasteiger partial charge on any atom is -0.372 e. The maximum Gasteiger partial charge on any atom is 0.0736 e. The molecule has 1 aromatic carbocycles. The molecule has 94 valence electrons. The van der Waals surface area contributed by atoms with Crippen LogP contribution in [0.5, 0.6) is 0 Å². The first-order valence-corrected chi connectivity index (χ1v) is 6.73. The lowest BCUT2D eigenvalue weighted by Gasteiger charge is -2.28. The fourth-order valence-corrected chi connectivity index (χ4v) is 2.55. The minimum absolute atomic E-state index is 0.152. The van der Waals surface area contributed by atoms with Gasteiger partial charge < -0.3 is 10.5 Å². The zero-order valence-corrected chi connectivity index (χ0v) is 11.2. The summed E-state index contributed by atoms with van der Waals surface area (Å²) in [5, 5.41) is 1.37. The lowest BCUT2D eigenvalue weighted by atomic mass is 9.93. The second-order valence-corrected chi connectivity index (χ2v) is 5.38. The fourth-order valence-electron chi connectivity index (χ4n) is 2.18. The van der Waals surface area contributed by atoms with E-state index < -0.39 is 0 Å². The highest BCUT2D eigenvalue weighted by Gasteiger charge is 2.22. The molecule has 0 bridgehead atoms. The first-order chi connectivity index (χ1) is 8.16. The van der Waals surface area contributed by atoms with E-state index in [0.717, 1.165) is 18.4 Å². The number of nitrogens with two attached hydrogens (primary N) is 1. The minimum atomic E-state index is 0.152. The molecule has 0 heterocycles. The summed E-state index contributed by atoms with van der Waals surface area (Å²) >= 11 is 12.0. The Labute approximate surface area is 112 Å². The third-order valence-electron chi connectivity index (χ3n) is 3.21. The number of hydrogen-bond acceptors (Lipinski definition) is 2. The van der Waals surface area contributed by atoms with Gasteiger partial charge in [0.1, 0.15) is 0 Å². The molecule has 1 aromatic rings. The summed E-state index contributed by atoms with van der Waals surface area (Å²) in [7, 11) is 0. The quantitative estimate of drug-likeness (QED) is 0.910. The van der Waals surface area contributed by atoms with Crippen molar-refractivity contribution in [2.45, 2.75) is 44.4 Å². The zero-order valence-electron chi connectivity index (χ0n) is 9.66. The van der Waals surface area contributed by atoms with E-state index in [2.05, 4.69) is 0 Å². The van der Waals surface area contributed by atoms with Crippen LogP contribution in [0.15, 0.2) is 18.2 Å². The first-order valence-electron chi connectivity index (χ1n) is 5.98. The van der Waals surface area contributed by atoms with E-state index in [1.54, 1.807) is 12.1 Å². The van der Waals surface area contributed by atoms with Crippen molar-refractivity contribution in [2.75, 3.05) is 0 Å². The molecule has 0 amide bonds. The predicted octanol–water partition coefficient (Wildman–Crippen LogP) is 3.78. The van der Waals surface area contributed by atoms with Gasteiger partial charge in [-0.25, -0.2) is 0 Å². The summed E-state index contributed by atoms with van der Waals surface area (Å²) in [6.45, 7) is 0.484. The number of halogens is 2. The average molecular weight is 274 g/mol. The normalized spacial score (nSPS) is 24.9. The second-order valence-electron chi connectivity index (χ2n) is 4.53. The Balaban J connectivity index is 1.94. The molecule has 0 aliphatic heterocycles. The highest BCUT2D eigenvalue weighted by Crippen LogP contribution is 2.24. The van der Waals surface area contributed by atoms with Crippen molar-refractivity contribution in [1.82, 2.24) is 0 Å². The molecule has 0 saturated heterocycles. The average Bonchev–Trinajstić information content (AvgIpc) is 2.32. The Morgan fingerprint density at radius 1 is 1.24 bits per heavy atom. The molecule has 1 saturated carbocycles. The molecule has 2 atom stereocenters. The SMILES string of the molecule is NC1CCCCC1OCc1cc(Cl)ccc1Cl. The van der Waals surface area contributed by atoms with Crippen LogP contribution in [0.3, 0.4) is 0 Å². The van der Waals surface area contributed by atoms with Crippen molar-refractivity contribution in [2.24, 2.45) is 5.73 Å². The molecule has 4 heteroatoms. The van der Waals surface area contributed by atoms with Crippen LogP contribution in [0.4, 0.5) is 0 Å². The molecule has 17 heavy (non-hydrogen) atoms. The summed E-state index contributed by atoms with van der Waals surface area (Å²) < 4.78 is 5.85. The molecule has 0 aromatic heterocycles. The highest BCUT2D eigenvalue weighted by atomic mass is 35.5. The van der Waals surface area contributed by atoms with Gasteiger partial charge in [-0.1, -0.05) is 36.0 Å². The molecular weight excluding hydrogens is 257 g/mol. The number of ether oxygens (including phenoxy) is 1. The zero-order chi connectivity index (χ0) is 12.3. The molecule has 2 unspecified atom stereocenters. The van der Waals surface area contributed by atoms with E-state index >= 15 is 0 Å². The third-order valence-corrected chi connectivity index (χ3v) is 3.82. The van der Waals surface area contributed by atoms with Gasteiger partial charge in [-0.2, -0.15) is 0 Å². The highest BCUT2D eigenvalue weighted by molar-refractivity contribution is 6.33. The van der Waals surface area contributed by atoms with Crippen LogP contribution in [0.1, 0.15) is 31.2 Å². The Morgan fingerprint density at radius 2 is 2.00 bits per heavy atom. The van der Waals surface area contributed by atoms with Crippen molar-refractivity contribution in [3.8, 4) is 0 Å². The predicted molar refractivity (Wildman–Crippen MR) is 71.5 cm³/mol. The molecule has 0 spiro atoms. The van der Waals surface area contributed by atoms with Crippen LogP contribution in [-0.2, 0) is 11.3 Å². The van der Waals surface area contributed by atoms with Crippen LogP contribution in [0.25, 0.3) is 0 Å². The number of rotatable bonds is 3. The van der Waals surface area contributed by atoms with Crippen molar-refractivity contribution >= 4 is 23.2 Å². The first kappa shape index (κ1) is 13.2. The standard InChI is InChI=1S/C13H17Cl2NO/c14-10-5-6-11(15)9(7-10)8-17-13-4-2-1-3-12(13)16/h5-7,12-13H,1-4,8,16H2. The monoisotopic (exact) mass is 273 g/mol. The van der Waals surface area contributed by atoms with Crippen LogP contribution in [0.2, 0.25) is 10.0 Å². The molecule has 2 nitrogen and oxygen atoms in total. The van der Waals surface area contributed by atoms with Crippen molar-refractivity contribution in [3.63, 3.8) is 0 Å².